The summed E-state index contributed by atoms with van der Waals surface area (Å²) in [6.45, 7) is 6.83. The monoisotopic (exact) mass is 500 g/mol. The van der Waals surface area contributed by atoms with Crippen molar-refractivity contribution >= 4 is 5.97 Å². The molecule has 36 heavy (non-hydrogen) atoms. The molecule has 4 aliphatic rings. The molecule has 0 aromatic rings. The molecule has 0 aliphatic carbocycles. The molecule has 7 heteroatoms. The lowest BCUT2D eigenvalue weighted by atomic mass is 9.97. The second kappa shape index (κ2) is 13.0. The number of aliphatic hydroxyl groups is 2. The fourth-order valence-electron chi connectivity index (χ4n) is 5.03. The number of carbonyl (C=O) groups excluding carboxylic acids is 1. The van der Waals surface area contributed by atoms with Crippen molar-refractivity contribution in [1.29, 1.82) is 0 Å². The number of fused-ring (bicyclic) bond motifs is 3. The largest absolute Gasteiger partial charge is 0.456 e. The molecular formula is C29H40O7. The maximum Gasteiger partial charge on any atom is 0.330 e. The zero-order chi connectivity index (χ0) is 25.5. The lowest BCUT2D eigenvalue weighted by Crippen LogP contribution is -2.32. The molecule has 4 heterocycles. The first kappa shape index (κ1) is 27.0. The van der Waals surface area contributed by atoms with E-state index in [-0.39, 0.29) is 36.9 Å². The summed E-state index contributed by atoms with van der Waals surface area (Å²) in [5.74, 6) is -0.527. The van der Waals surface area contributed by atoms with Crippen LogP contribution in [0.5, 0.6) is 0 Å². The van der Waals surface area contributed by atoms with Crippen LogP contribution in [0.4, 0.5) is 0 Å². The van der Waals surface area contributed by atoms with E-state index in [0.29, 0.717) is 19.4 Å². The first-order valence-corrected chi connectivity index (χ1v) is 13.2. The van der Waals surface area contributed by atoms with Crippen LogP contribution in [-0.2, 0) is 23.7 Å². The average Bonchev–Trinajstić information content (AvgIpc) is 3.61. The van der Waals surface area contributed by atoms with E-state index in [1.165, 1.54) is 11.6 Å². The summed E-state index contributed by atoms with van der Waals surface area (Å²) in [6.07, 6.45) is 15.3. The molecule has 2 bridgehead atoms. The summed E-state index contributed by atoms with van der Waals surface area (Å²) >= 11 is 0. The Labute approximate surface area is 214 Å². The number of esters is 1. The maximum absolute atomic E-state index is 12.6. The van der Waals surface area contributed by atoms with Crippen LogP contribution in [0.15, 0.2) is 60.3 Å². The molecular weight excluding hydrogens is 460 g/mol. The van der Waals surface area contributed by atoms with Gasteiger partial charge in [0, 0.05) is 12.5 Å². The standard InChI is InChI=1S/C29H40O7/c1-19-6-3-7-21-8-4-9-22(34-21)10-5-11-28(32)35-26(18-27-29(36-27)25(31)17-19)24(30)13-12-23-16-20(2)14-15-33-23/h4-5,9,11-13,16,21-27,29-31H,1,3,6-8,10,14-15,17-18H2,2H3/b11-5-,13-12+/t21-,22+,23?,24+,25+,26+,27+,29+/m1/s1. The summed E-state index contributed by atoms with van der Waals surface area (Å²) in [6, 6.07) is 0. The fraction of sp³-hybridized carbons (Fsp3) is 0.621. The van der Waals surface area contributed by atoms with Gasteiger partial charge in [0.05, 0.1) is 37.1 Å². The van der Waals surface area contributed by atoms with Gasteiger partial charge in [-0.1, -0.05) is 54.2 Å². The number of aliphatic hydroxyl groups excluding tert-OH is 2. The molecule has 7 nitrogen and oxygen atoms in total. The van der Waals surface area contributed by atoms with Crippen molar-refractivity contribution in [3.05, 3.63) is 60.3 Å². The Bertz CT molecular complexity index is 888. The second-order valence-electron chi connectivity index (χ2n) is 10.3. The summed E-state index contributed by atoms with van der Waals surface area (Å²) in [5.41, 5.74) is 2.23. The first-order valence-electron chi connectivity index (χ1n) is 13.2. The smallest absolute Gasteiger partial charge is 0.330 e. The predicted octanol–water partition coefficient (Wildman–Crippen LogP) is 3.86. The van der Waals surface area contributed by atoms with E-state index in [1.54, 1.807) is 18.2 Å². The zero-order valence-electron chi connectivity index (χ0n) is 21.2. The average molecular weight is 501 g/mol. The SMILES string of the molecule is C=C1CCC[C@@H]2CC=C[C@@H](C/C=C\C(=O)O[C@H]([C@@H](O)/C=C/C3C=C(C)CCO3)C[C@@H]3O[C@H]3[C@@H](O)C1)O2. The van der Waals surface area contributed by atoms with Gasteiger partial charge in [0.25, 0.3) is 0 Å². The van der Waals surface area contributed by atoms with Gasteiger partial charge in [0.1, 0.15) is 18.3 Å². The molecule has 1 saturated heterocycles. The van der Waals surface area contributed by atoms with E-state index in [4.69, 9.17) is 18.9 Å². The third kappa shape index (κ3) is 8.25. The van der Waals surface area contributed by atoms with E-state index in [9.17, 15) is 15.0 Å². The third-order valence-electron chi connectivity index (χ3n) is 7.16. The molecule has 2 N–H and O–H groups in total. The highest BCUT2D eigenvalue weighted by atomic mass is 16.6. The van der Waals surface area contributed by atoms with Crippen LogP contribution in [0.3, 0.4) is 0 Å². The molecule has 4 rings (SSSR count). The van der Waals surface area contributed by atoms with Crippen LogP contribution in [0, 0.1) is 0 Å². The van der Waals surface area contributed by atoms with Crippen molar-refractivity contribution in [3.8, 4) is 0 Å². The summed E-state index contributed by atoms with van der Waals surface area (Å²) in [5, 5.41) is 21.5. The van der Waals surface area contributed by atoms with Crippen molar-refractivity contribution in [2.45, 2.75) is 107 Å². The van der Waals surface area contributed by atoms with E-state index >= 15 is 0 Å². The van der Waals surface area contributed by atoms with Crippen LogP contribution >= 0.6 is 0 Å². The maximum atomic E-state index is 12.6. The Morgan fingerprint density at radius 3 is 2.89 bits per heavy atom. The van der Waals surface area contributed by atoms with Crippen molar-refractivity contribution in [3.63, 3.8) is 0 Å². The molecule has 198 valence electrons. The van der Waals surface area contributed by atoms with E-state index in [1.807, 2.05) is 12.2 Å². The Morgan fingerprint density at radius 2 is 2.06 bits per heavy atom. The van der Waals surface area contributed by atoms with E-state index in [0.717, 1.165) is 37.7 Å². The molecule has 0 saturated carbocycles. The van der Waals surface area contributed by atoms with Crippen LogP contribution in [0.25, 0.3) is 0 Å². The van der Waals surface area contributed by atoms with Gasteiger partial charge in [-0.05, 0) is 51.9 Å². The van der Waals surface area contributed by atoms with Crippen molar-refractivity contribution in [2.75, 3.05) is 6.61 Å². The Hall–Kier alpha value is -2.03. The molecule has 8 atom stereocenters. The van der Waals surface area contributed by atoms with Gasteiger partial charge < -0.3 is 29.2 Å². The van der Waals surface area contributed by atoms with Gasteiger partial charge in [-0.2, -0.15) is 0 Å². The number of hydrogen-bond donors (Lipinski definition) is 2. The number of epoxide rings is 1. The minimum absolute atomic E-state index is 0.0753. The highest BCUT2D eigenvalue weighted by molar-refractivity contribution is 5.82. The first-order chi connectivity index (χ1) is 17.4. The van der Waals surface area contributed by atoms with Gasteiger partial charge in [0.15, 0.2) is 0 Å². The van der Waals surface area contributed by atoms with Gasteiger partial charge in [-0.15, -0.1) is 0 Å². The highest BCUT2D eigenvalue weighted by Crippen LogP contribution is 2.34. The summed E-state index contributed by atoms with van der Waals surface area (Å²) < 4.78 is 23.2. The fourth-order valence-corrected chi connectivity index (χ4v) is 5.03. The summed E-state index contributed by atoms with van der Waals surface area (Å²) in [7, 11) is 0. The number of carbonyl (C=O) groups is 1. The highest BCUT2D eigenvalue weighted by Gasteiger charge is 2.46. The van der Waals surface area contributed by atoms with E-state index < -0.39 is 24.3 Å². The number of cyclic esters (lactones) is 1. The van der Waals surface area contributed by atoms with Crippen LogP contribution < -0.4 is 0 Å². The number of rotatable bonds is 3. The topological polar surface area (TPSA) is 97.8 Å². The molecule has 0 radical (unpaired) electrons. The molecule has 0 aromatic carbocycles. The van der Waals surface area contributed by atoms with Crippen molar-refractivity contribution in [2.24, 2.45) is 0 Å². The number of hydrogen-bond acceptors (Lipinski definition) is 7. The summed E-state index contributed by atoms with van der Waals surface area (Å²) in [4.78, 5) is 12.6. The normalized spacial score (nSPS) is 38.3. The Balaban J connectivity index is 1.44. The molecule has 4 aliphatic heterocycles. The van der Waals surface area contributed by atoms with Crippen LogP contribution in [0.1, 0.15) is 58.3 Å². The van der Waals surface area contributed by atoms with Crippen LogP contribution in [0.2, 0.25) is 0 Å². The molecule has 0 amide bonds. The van der Waals surface area contributed by atoms with Crippen LogP contribution in [-0.4, -0.2) is 71.6 Å². The minimum atomic E-state index is -1.03. The lowest BCUT2D eigenvalue weighted by Gasteiger charge is -2.25. The lowest BCUT2D eigenvalue weighted by molar-refractivity contribution is -0.148. The molecule has 1 unspecified atom stereocenters. The van der Waals surface area contributed by atoms with Gasteiger partial charge in [-0.25, -0.2) is 4.79 Å². The Kier molecular flexibility index (Phi) is 9.73. The predicted molar refractivity (Wildman–Crippen MR) is 136 cm³/mol. The van der Waals surface area contributed by atoms with Crippen molar-refractivity contribution in [1.82, 2.24) is 0 Å². The Morgan fingerprint density at radius 1 is 1.19 bits per heavy atom. The quantitative estimate of drug-likeness (QED) is 0.345. The molecule has 0 aromatic heterocycles. The minimum Gasteiger partial charge on any atom is -0.456 e. The molecule has 1 fully saturated rings. The van der Waals surface area contributed by atoms with Gasteiger partial charge in [-0.3, -0.25) is 0 Å². The zero-order valence-corrected chi connectivity index (χ0v) is 21.2. The van der Waals surface area contributed by atoms with Crippen molar-refractivity contribution < 1.29 is 34.0 Å². The van der Waals surface area contributed by atoms with Gasteiger partial charge >= 0.3 is 5.97 Å². The number of ether oxygens (including phenoxy) is 4. The van der Waals surface area contributed by atoms with Gasteiger partial charge in [0.2, 0.25) is 0 Å². The molecule has 0 spiro atoms. The third-order valence-corrected chi connectivity index (χ3v) is 7.16. The second-order valence-corrected chi connectivity index (χ2v) is 10.3. The van der Waals surface area contributed by atoms with E-state index in [2.05, 4.69) is 19.6 Å².